The van der Waals surface area contributed by atoms with Crippen molar-refractivity contribution in [1.82, 2.24) is 0 Å². The van der Waals surface area contributed by atoms with Crippen LogP contribution in [0.3, 0.4) is 0 Å². The lowest BCUT2D eigenvalue weighted by Crippen LogP contribution is -2.45. The number of hydrogen-bond acceptors (Lipinski definition) is 6. The van der Waals surface area contributed by atoms with E-state index in [4.69, 9.17) is 19.9 Å². The van der Waals surface area contributed by atoms with Gasteiger partial charge in [-0.05, 0) is 41.8 Å². The molecule has 37 heavy (non-hydrogen) atoms. The number of carbonyl (C=O) groups is 1. The number of ether oxygens (including phenoxy) is 3. The zero-order chi connectivity index (χ0) is 25.8. The summed E-state index contributed by atoms with van der Waals surface area (Å²) in [5, 5.41) is 0. The third-order valence-corrected chi connectivity index (χ3v) is 7.20. The molecule has 0 bridgehead atoms. The van der Waals surface area contributed by atoms with Gasteiger partial charge in [0, 0.05) is 41.9 Å². The number of rotatable bonds is 10. The van der Waals surface area contributed by atoms with Crippen LogP contribution in [0, 0.1) is 5.82 Å². The van der Waals surface area contributed by atoms with E-state index in [1.54, 1.807) is 12.1 Å². The number of benzene rings is 3. The number of nitrogens with two attached hydrogens (primary N) is 1. The number of nitrogens with zero attached hydrogens (tertiary/aromatic N) is 1. The lowest BCUT2D eigenvalue weighted by atomic mass is 9.94. The van der Waals surface area contributed by atoms with Gasteiger partial charge in [-0.15, -0.1) is 0 Å². The summed E-state index contributed by atoms with van der Waals surface area (Å²) in [7, 11) is 0. The zero-order valence-corrected chi connectivity index (χ0v) is 20.5. The van der Waals surface area contributed by atoms with Crippen LogP contribution in [0.25, 0.3) is 11.1 Å². The van der Waals surface area contributed by atoms with Gasteiger partial charge in [-0.2, -0.15) is 0 Å². The van der Waals surface area contributed by atoms with Gasteiger partial charge >= 0.3 is 0 Å². The zero-order valence-electron chi connectivity index (χ0n) is 20.5. The van der Waals surface area contributed by atoms with Gasteiger partial charge in [0.2, 0.25) is 0 Å². The minimum absolute atomic E-state index is 0.0940. The van der Waals surface area contributed by atoms with Crippen LogP contribution in [0.2, 0.25) is 0 Å². The van der Waals surface area contributed by atoms with Crippen LogP contribution in [-0.2, 0) is 27.5 Å². The maximum Gasteiger partial charge on any atom is 0.293 e. The predicted octanol–water partition coefficient (Wildman–Crippen LogP) is 5.08. The van der Waals surface area contributed by atoms with Gasteiger partial charge in [-0.3, -0.25) is 4.79 Å². The Morgan fingerprint density at radius 3 is 2.68 bits per heavy atom. The number of carbonyl (C=O) groups excluding carboxylic acids is 1. The maximum absolute atomic E-state index is 15.5. The first-order valence-corrected chi connectivity index (χ1v) is 12.4. The molecular formula is C29H30F2N2O4. The molecule has 1 unspecified atom stereocenters. The summed E-state index contributed by atoms with van der Waals surface area (Å²) >= 11 is 0. The first-order chi connectivity index (χ1) is 18.0. The molecule has 3 aromatic rings. The normalized spacial score (nSPS) is 19.5. The lowest BCUT2D eigenvalue weighted by Gasteiger charge is -2.38. The van der Waals surface area contributed by atoms with Crippen molar-refractivity contribution in [3.05, 3.63) is 83.2 Å². The largest absolute Gasteiger partial charge is 0.488 e. The molecule has 2 aliphatic rings. The molecule has 2 atom stereocenters. The highest BCUT2D eigenvalue weighted by Crippen LogP contribution is 2.40. The van der Waals surface area contributed by atoms with Gasteiger partial charge in [0.15, 0.2) is 0 Å². The smallest absolute Gasteiger partial charge is 0.293 e. The van der Waals surface area contributed by atoms with E-state index in [9.17, 15) is 9.18 Å². The first kappa shape index (κ1) is 25.2. The second-order valence-electron chi connectivity index (χ2n) is 9.61. The molecule has 5 rings (SSSR count). The van der Waals surface area contributed by atoms with Crippen LogP contribution in [0.15, 0.2) is 60.7 Å². The van der Waals surface area contributed by atoms with E-state index in [1.807, 2.05) is 42.5 Å². The molecular weight excluding hydrogens is 478 g/mol. The Hall–Kier alpha value is -3.49. The van der Waals surface area contributed by atoms with Crippen LogP contribution >= 0.6 is 0 Å². The third kappa shape index (κ3) is 5.31. The molecule has 2 fully saturated rings. The van der Waals surface area contributed by atoms with E-state index in [0.29, 0.717) is 23.3 Å². The molecule has 8 heteroatoms. The molecule has 0 aromatic heterocycles. The molecule has 2 heterocycles. The van der Waals surface area contributed by atoms with E-state index in [0.717, 1.165) is 49.4 Å². The summed E-state index contributed by atoms with van der Waals surface area (Å²) in [6.07, 6.45) is 1.99. The van der Waals surface area contributed by atoms with Gasteiger partial charge in [-0.1, -0.05) is 36.4 Å². The molecule has 6 nitrogen and oxygen atoms in total. The van der Waals surface area contributed by atoms with Crippen molar-refractivity contribution in [2.24, 2.45) is 5.73 Å². The molecule has 0 amide bonds. The topological polar surface area (TPSA) is 74.0 Å². The molecule has 2 aliphatic heterocycles. The Bertz CT molecular complexity index is 1260. The Morgan fingerprint density at radius 1 is 1.11 bits per heavy atom. The summed E-state index contributed by atoms with van der Waals surface area (Å²) in [6, 6.07) is 17.1. The average Bonchev–Trinajstić information content (AvgIpc) is 3.38. The molecule has 2 N–H and O–H groups in total. The van der Waals surface area contributed by atoms with Gasteiger partial charge in [-0.25, -0.2) is 8.78 Å². The van der Waals surface area contributed by atoms with E-state index in [2.05, 4.69) is 4.90 Å². The van der Waals surface area contributed by atoms with E-state index < -0.39 is 18.5 Å². The Kier molecular flexibility index (Phi) is 7.39. The maximum atomic E-state index is 15.5. The first-order valence-electron chi connectivity index (χ1n) is 12.4. The summed E-state index contributed by atoms with van der Waals surface area (Å²) in [5.74, 6) is 0.0784. The van der Waals surface area contributed by atoms with E-state index in [-0.39, 0.29) is 24.4 Å². The molecule has 194 valence electrons. The van der Waals surface area contributed by atoms with Crippen molar-refractivity contribution in [3.8, 4) is 16.9 Å². The summed E-state index contributed by atoms with van der Waals surface area (Å²) in [5.41, 5.74) is 9.43. The fourth-order valence-corrected chi connectivity index (χ4v) is 5.06. The van der Waals surface area contributed by atoms with Gasteiger partial charge in [0.05, 0.1) is 18.2 Å². The molecule has 0 saturated carbocycles. The summed E-state index contributed by atoms with van der Waals surface area (Å²) in [4.78, 5) is 12.9. The lowest BCUT2D eigenvalue weighted by molar-refractivity contribution is -0.130. The molecule has 0 aliphatic carbocycles. The summed E-state index contributed by atoms with van der Waals surface area (Å²) < 4.78 is 45.6. The highest BCUT2D eigenvalue weighted by Gasteiger charge is 2.44. The molecule has 0 radical (unpaired) electrons. The highest BCUT2D eigenvalue weighted by atomic mass is 19.1. The molecule has 2 saturated heterocycles. The van der Waals surface area contributed by atoms with Gasteiger partial charge < -0.3 is 24.8 Å². The van der Waals surface area contributed by atoms with Gasteiger partial charge in [0.1, 0.15) is 31.5 Å². The number of halogens is 2. The van der Waals surface area contributed by atoms with Crippen LogP contribution < -0.4 is 15.4 Å². The van der Waals surface area contributed by atoms with Crippen LogP contribution in [0.1, 0.15) is 35.6 Å². The van der Waals surface area contributed by atoms with Crippen molar-refractivity contribution in [3.63, 3.8) is 0 Å². The standard InChI is InChI=1S/C29H30F2N2O4/c30-15-26(32)25-6-3-5-24(28(25)31)22-12-20(16-36-27-7-2-1-4-21(27)17-35-19-34)13-23(14-22)33-10-8-29(18-33)9-11-37-29/h1-7,12-14,19,26H,8-11,15-18,32H2/t26-,29?/m1/s1. The van der Waals surface area contributed by atoms with Crippen molar-refractivity contribution in [2.45, 2.75) is 37.7 Å². The van der Waals surface area contributed by atoms with E-state index in [1.165, 1.54) is 6.07 Å². The number of para-hydroxylation sites is 1. The predicted molar refractivity (Wildman–Crippen MR) is 136 cm³/mol. The van der Waals surface area contributed by atoms with Crippen LogP contribution in [0.4, 0.5) is 14.5 Å². The van der Waals surface area contributed by atoms with Crippen molar-refractivity contribution >= 4 is 12.2 Å². The highest BCUT2D eigenvalue weighted by molar-refractivity contribution is 5.71. The van der Waals surface area contributed by atoms with Crippen LogP contribution in [0.5, 0.6) is 5.75 Å². The second kappa shape index (κ2) is 10.9. The fraction of sp³-hybridized carbons (Fsp3) is 0.345. The van der Waals surface area contributed by atoms with E-state index >= 15 is 4.39 Å². The Morgan fingerprint density at radius 2 is 1.95 bits per heavy atom. The second-order valence-corrected chi connectivity index (χ2v) is 9.61. The minimum Gasteiger partial charge on any atom is -0.488 e. The fourth-order valence-electron chi connectivity index (χ4n) is 5.06. The van der Waals surface area contributed by atoms with Crippen molar-refractivity contribution in [1.29, 1.82) is 0 Å². The monoisotopic (exact) mass is 508 g/mol. The quantitative estimate of drug-likeness (QED) is 0.385. The number of alkyl halides is 1. The van der Waals surface area contributed by atoms with Gasteiger partial charge in [0.25, 0.3) is 6.47 Å². The molecule has 1 spiro atoms. The SMILES string of the molecule is N[C@H](CF)c1cccc(-c2cc(COc3ccccc3COC=O)cc(N3CCC4(CCO4)C3)c2)c1F. The number of hydrogen-bond donors (Lipinski definition) is 1. The molecule has 3 aromatic carbocycles. The van der Waals surface area contributed by atoms with Crippen molar-refractivity contribution < 1.29 is 27.8 Å². The number of anilines is 1. The minimum atomic E-state index is -1.02. The Labute approximate surface area is 214 Å². The summed E-state index contributed by atoms with van der Waals surface area (Å²) in [6.45, 7) is 2.28. The Balaban J connectivity index is 1.48. The average molecular weight is 509 g/mol. The van der Waals surface area contributed by atoms with Crippen molar-refractivity contribution in [2.75, 3.05) is 31.3 Å². The third-order valence-electron chi connectivity index (χ3n) is 7.20. The van der Waals surface area contributed by atoms with Crippen LogP contribution in [-0.4, -0.2) is 38.4 Å².